The van der Waals surface area contributed by atoms with Crippen molar-refractivity contribution < 1.29 is 23.1 Å². The van der Waals surface area contributed by atoms with Crippen LogP contribution in [0.15, 0.2) is 47.6 Å². The summed E-state index contributed by atoms with van der Waals surface area (Å²) in [5.74, 6) is -0.477. The fourth-order valence-corrected chi connectivity index (χ4v) is 4.00. The molecule has 6 heteroatoms. The third-order valence-electron chi connectivity index (χ3n) is 3.53. The second-order valence-corrected chi connectivity index (χ2v) is 7.37. The standard InChI is InChI=1S/C17H25O5P/c1-5-7-8-9-10-14-11-12-16(23(19,20-3)21-4)15(13-14)17(18)22-6-2/h5,7-10,13,16H,6,11-12H2,1-4H3/b7-5+,9-8+,14-10-. The van der Waals surface area contributed by atoms with Crippen LogP contribution in [0.1, 0.15) is 26.7 Å². The van der Waals surface area contributed by atoms with Gasteiger partial charge in [-0.1, -0.05) is 30.4 Å². The zero-order chi connectivity index (χ0) is 17.3. The normalized spacial score (nSPS) is 21.1. The molecule has 0 aromatic heterocycles. The minimum absolute atomic E-state index is 0.257. The Hall–Kier alpha value is -1.42. The van der Waals surface area contributed by atoms with E-state index in [1.807, 2.05) is 37.3 Å². The maximum absolute atomic E-state index is 12.7. The summed E-state index contributed by atoms with van der Waals surface area (Å²) in [6, 6.07) is 0. The molecule has 0 N–H and O–H groups in total. The molecule has 1 aliphatic carbocycles. The van der Waals surface area contributed by atoms with Crippen molar-refractivity contribution in [2.45, 2.75) is 32.3 Å². The number of hydrogen-bond donors (Lipinski definition) is 0. The van der Waals surface area contributed by atoms with Crippen LogP contribution in [0.2, 0.25) is 0 Å². The van der Waals surface area contributed by atoms with E-state index < -0.39 is 19.2 Å². The summed E-state index contributed by atoms with van der Waals surface area (Å²) < 4.78 is 27.9. The Labute approximate surface area is 138 Å². The average Bonchev–Trinajstić information content (AvgIpc) is 2.58. The Balaban J connectivity index is 3.17. The van der Waals surface area contributed by atoms with E-state index in [9.17, 15) is 9.36 Å². The highest BCUT2D eigenvalue weighted by molar-refractivity contribution is 7.55. The first-order valence-corrected chi connectivity index (χ1v) is 9.22. The van der Waals surface area contributed by atoms with Gasteiger partial charge in [-0.15, -0.1) is 0 Å². The highest BCUT2D eigenvalue weighted by Crippen LogP contribution is 2.57. The summed E-state index contributed by atoms with van der Waals surface area (Å²) in [7, 11) is -0.716. The highest BCUT2D eigenvalue weighted by atomic mass is 31.2. The first-order valence-electron chi connectivity index (χ1n) is 7.60. The monoisotopic (exact) mass is 340 g/mol. The molecule has 0 heterocycles. The molecule has 5 nitrogen and oxygen atoms in total. The van der Waals surface area contributed by atoms with Gasteiger partial charge in [-0.05, 0) is 38.3 Å². The van der Waals surface area contributed by atoms with Crippen molar-refractivity contribution in [3.05, 3.63) is 47.6 Å². The first-order chi connectivity index (χ1) is 11.0. The maximum Gasteiger partial charge on any atom is 0.337 e. The molecule has 0 radical (unpaired) electrons. The summed E-state index contributed by atoms with van der Waals surface area (Å²) in [6.45, 7) is 3.93. The van der Waals surface area contributed by atoms with Gasteiger partial charge in [0.2, 0.25) is 0 Å². The number of esters is 1. The number of rotatable bonds is 7. The Kier molecular flexibility index (Phi) is 8.24. The molecule has 0 fully saturated rings. The van der Waals surface area contributed by atoms with Gasteiger partial charge in [0, 0.05) is 14.2 Å². The Morgan fingerprint density at radius 2 is 2.00 bits per heavy atom. The molecule has 1 aliphatic rings. The molecule has 0 aromatic rings. The number of allylic oxidation sites excluding steroid dienone is 7. The minimum Gasteiger partial charge on any atom is -0.463 e. The predicted octanol–water partition coefficient (Wildman–Crippen LogP) is 4.18. The van der Waals surface area contributed by atoms with E-state index in [0.29, 0.717) is 18.4 Å². The molecule has 0 amide bonds. The van der Waals surface area contributed by atoms with E-state index in [1.165, 1.54) is 14.2 Å². The van der Waals surface area contributed by atoms with E-state index in [4.69, 9.17) is 13.8 Å². The van der Waals surface area contributed by atoms with Crippen molar-refractivity contribution in [3.8, 4) is 0 Å². The van der Waals surface area contributed by atoms with Crippen LogP contribution in [-0.4, -0.2) is 32.5 Å². The lowest BCUT2D eigenvalue weighted by Crippen LogP contribution is -2.25. The maximum atomic E-state index is 12.7. The van der Waals surface area contributed by atoms with Gasteiger partial charge in [0.05, 0.1) is 17.8 Å². The summed E-state index contributed by atoms with van der Waals surface area (Å²) in [6.07, 6.45) is 12.5. The van der Waals surface area contributed by atoms with E-state index in [1.54, 1.807) is 13.0 Å². The smallest absolute Gasteiger partial charge is 0.337 e. The summed E-state index contributed by atoms with van der Waals surface area (Å²) in [4.78, 5) is 12.2. The minimum atomic E-state index is -3.38. The topological polar surface area (TPSA) is 61.8 Å². The van der Waals surface area contributed by atoms with E-state index >= 15 is 0 Å². The fourth-order valence-electron chi connectivity index (χ4n) is 2.38. The van der Waals surface area contributed by atoms with Crippen molar-refractivity contribution in [2.24, 2.45) is 0 Å². The molecule has 0 bridgehead atoms. The van der Waals surface area contributed by atoms with Crippen molar-refractivity contribution in [2.75, 3.05) is 20.8 Å². The summed E-state index contributed by atoms with van der Waals surface area (Å²) >= 11 is 0. The summed E-state index contributed by atoms with van der Waals surface area (Å²) in [5, 5.41) is 0. The zero-order valence-electron chi connectivity index (χ0n) is 14.2. The van der Waals surface area contributed by atoms with Gasteiger partial charge in [-0.3, -0.25) is 4.57 Å². The van der Waals surface area contributed by atoms with Crippen LogP contribution in [-0.2, 0) is 23.1 Å². The molecule has 0 aliphatic heterocycles. The van der Waals surface area contributed by atoms with Gasteiger partial charge >= 0.3 is 13.6 Å². The third-order valence-corrected chi connectivity index (χ3v) is 5.85. The molecule has 1 unspecified atom stereocenters. The second kappa shape index (κ2) is 9.66. The van der Waals surface area contributed by atoms with Crippen molar-refractivity contribution >= 4 is 13.6 Å². The molecule has 1 atom stereocenters. The largest absolute Gasteiger partial charge is 0.463 e. The van der Waals surface area contributed by atoms with Crippen LogP contribution in [0, 0.1) is 0 Å². The van der Waals surface area contributed by atoms with Crippen LogP contribution < -0.4 is 0 Å². The van der Waals surface area contributed by atoms with Crippen molar-refractivity contribution in [3.63, 3.8) is 0 Å². The van der Waals surface area contributed by atoms with Crippen LogP contribution in [0.3, 0.4) is 0 Å². The fraction of sp³-hybridized carbons (Fsp3) is 0.471. The second-order valence-electron chi connectivity index (χ2n) is 4.93. The van der Waals surface area contributed by atoms with Crippen LogP contribution in [0.25, 0.3) is 0 Å². The molecule has 0 spiro atoms. The van der Waals surface area contributed by atoms with E-state index in [-0.39, 0.29) is 6.61 Å². The Morgan fingerprint density at radius 3 is 2.57 bits per heavy atom. The predicted molar refractivity (Wildman–Crippen MR) is 91.4 cm³/mol. The molecule has 1 rings (SSSR count). The lowest BCUT2D eigenvalue weighted by molar-refractivity contribution is -0.138. The molecule has 0 saturated heterocycles. The van der Waals surface area contributed by atoms with Gasteiger partial charge in [0.15, 0.2) is 0 Å². The van der Waals surface area contributed by atoms with Crippen LogP contribution in [0.4, 0.5) is 0 Å². The van der Waals surface area contributed by atoms with Crippen LogP contribution in [0.5, 0.6) is 0 Å². The van der Waals surface area contributed by atoms with E-state index in [0.717, 1.165) is 5.57 Å². The van der Waals surface area contributed by atoms with Crippen LogP contribution >= 0.6 is 7.60 Å². The summed E-state index contributed by atoms with van der Waals surface area (Å²) in [5.41, 5.74) is 0.716. The molecule has 0 aromatic carbocycles. The van der Waals surface area contributed by atoms with Gasteiger partial charge in [0.25, 0.3) is 0 Å². The molecular weight excluding hydrogens is 315 g/mol. The van der Waals surface area contributed by atoms with E-state index in [2.05, 4.69) is 0 Å². The number of hydrogen-bond acceptors (Lipinski definition) is 5. The molecule has 0 saturated carbocycles. The van der Waals surface area contributed by atoms with Crippen molar-refractivity contribution in [1.82, 2.24) is 0 Å². The lowest BCUT2D eigenvalue weighted by Gasteiger charge is -2.28. The lowest BCUT2D eigenvalue weighted by atomic mass is 9.94. The third kappa shape index (κ3) is 5.31. The van der Waals surface area contributed by atoms with Gasteiger partial charge in [-0.2, -0.15) is 0 Å². The number of carbonyl (C=O) groups excluding carboxylic acids is 1. The first kappa shape index (κ1) is 19.6. The van der Waals surface area contributed by atoms with Gasteiger partial charge in [0.1, 0.15) is 0 Å². The molecule has 128 valence electrons. The quantitative estimate of drug-likeness (QED) is 0.395. The SMILES string of the molecule is C/C=C/C=C/C=C1\C=C(C(=O)OCC)C(P(=O)(OC)OC)CC1. The Morgan fingerprint density at radius 1 is 1.30 bits per heavy atom. The molecular formula is C17H25O5P. The van der Waals surface area contributed by atoms with Crippen molar-refractivity contribution in [1.29, 1.82) is 0 Å². The number of carbonyl (C=O) groups is 1. The highest BCUT2D eigenvalue weighted by Gasteiger charge is 2.41. The van der Waals surface area contributed by atoms with Gasteiger partial charge in [-0.25, -0.2) is 4.79 Å². The number of ether oxygens (including phenoxy) is 1. The molecule has 23 heavy (non-hydrogen) atoms. The average molecular weight is 340 g/mol. The Bertz CT molecular complexity index is 564. The van der Waals surface area contributed by atoms with Gasteiger partial charge < -0.3 is 13.8 Å². The zero-order valence-corrected chi connectivity index (χ0v) is 15.0.